The van der Waals surface area contributed by atoms with E-state index >= 15 is 0 Å². The first-order chi connectivity index (χ1) is 19.2. The lowest BCUT2D eigenvalue weighted by Gasteiger charge is -2.35. The Hall–Kier alpha value is -3.69. The van der Waals surface area contributed by atoms with Crippen LogP contribution in [0, 0.1) is 17.1 Å². The number of fused-ring (bicyclic) bond motifs is 1. The number of halogens is 4. The fourth-order valence-electron chi connectivity index (χ4n) is 5.22. The number of anilines is 1. The number of rotatable bonds is 7. The fraction of sp³-hybridized carbons (Fsp3) is 0.464. The van der Waals surface area contributed by atoms with E-state index in [9.17, 15) is 22.4 Å². The summed E-state index contributed by atoms with van der Waals surface area (Å²) in [5, 5.41) is 12.1. The van der Waals surface area contributed by atoms with Gasteiger partial charge < -0.3 is 19.4 Å². The number of aromatic nitrogens is 1. The van der Waals surface area contributed by atoms with Crippen molar-refractivity contribution in [2.75, 3.05) is 38.1 Å². The number of nitriles is 1. The van der Waals surface area contributed by atoms with Crippen LogP contribution in [0.3, 0.4) is 0 Å². The molecule has 1 aromatic heterocycles. The molecule has 1 aliphatic carbocycles. The predicted octanol–water partition coefficient (Wildman–Crippen LogP) is 4.94. The zero-order valence-electron chi connectivity index (χ0n) is 21.7. The number of alkyl halides is 3. The van der Waals surface area contributed by atoms with E-state index in [2.05, 4.69) is 15.2 Å². The molecule has 2 heterocycles. The van der Waals surface area contributed by atoms with E-state index in [-0.39, 0.29) is 30.5 Å². The van der Waals surface area contributed by atoms with E-state index in [1.54, 1.807) is 17.0 Å². The zero-order valence-corrected chi connectivity index (χ0v) is 21.7. The van der Waals surface area contributed by atoms with Crippen LogP contribution in [0.1, 0.15) is 42.7 Å². The average Bonchev–Trinajstić information content (AvgIpc) is 3.33. The van der Waals surface area contributed by atoms with Crippen LogP contribution in [0.2, 0.25) is 0 Å². The van der Waals surface area contributed by atoms with Gasteiger partial charge in [-0.15, -0.1) is 0 Å². The van der Waals surface area contributed by atoms with Crippen molar-refractivity contribution in [3.8, 4) is 6.07 Å². The lowest BCUT2D eigenvalue weighted by molar-refractivity contribution is -0.140. The number of oxazole rings is 1. The summed E-state index contributed by atoms with van der Waals surface area (Å²) in [6.45, 7) is 2.88. The van der Waals surface area contributed by atoms with E-state index in [0.717, 1.165) is 6.07 Å². The van der Waals surface area contributed by atoms with Gasteiger partial charge in [0.2, 0.25) is 11.8 Å². The van der Waals surface area contributed by atoms with Gasteiger partial charge in [0, 0.05) is 44.0 Å². The minimum atomic E-state index is -4.60. The van der Waals surface area contributed by atoms with Gasteiger partial charge in [-0.3, -0.25) is 9.69 Å². The molecule has 1 saturated carbocycles. The Morgan fingerprint density at radius 3 is 2.55 bits per heavy atom. The van der Waals surface area contributed by atoms with Crippen molar-refractivity contribution in [2.24, 2.45) is 0 Å². The van der Waals surface area contributed by atoms with E-state index < -0.39 is 17.3 Å². The molecule has 5 rings (SSSR count). The topological polar surface area (TPSA) is 94.6 Å². The highest BCUT2D eigenvalue weighted by molar-refractivity contribution is 5.77. The molecule has 40 heavy (non-hydrogen) atoms. The smallest absolute Gasteiger partial charge is 0.417 e. The lowest BCUT2D eigenvalue weighted by Crippen LogP contribution is -2.49. The van der Waals surface area contributed by atoms with E-state index in [1.807, 2.05) is 0 Å². The molecule has 1 saturated heterocycles. The molecular formula is C28H29F4N5O3. The van der Waals surface area contributed by atoms with E-state index in [4.69, 9.17) is 14.4 Å². The van der Waals surface area contributed by atoms with E-state index in [1.165, 1.54) is 24.3 Å². The third-order valence-corrected chi connectivity index (χ3v) is 7.41. The number of carbonyl (C=O) groups is 1. The third kappa shape index (κ3) is 6.71. The number of piperazine rings is 1. The molecule has 2 aromatic carbocycles. The number of hydrogen-bond acceptors (Lipinski definition) is 7. The summed E-state index contributed by atoms with van der Waals surface area (Å²) in [6.07, 6.45) is -1.91. The Labute approximate surface area is 228 Å². The summed E-state index contributed by atoms with van der Waals surface area (Å²) in [7, 11) is 0. The van der Waals surface area contributed by atoms with Gasteiger partial charge in [0.15, 0.2) is 5.58 Å². The van der Waals surface area contributed by atoms with Crippen molar-refractivity contribution in [3.63, 3.8) is 0 Å². The first-order valence-electron chi connectivity index (χ1n) is 13.2. The van der Waals surface area contributed by atoms with Gasteiger partial charge in [0.25, 0.3) is 0 Å². The summed E-state index contributed by atoms with van der Waals surface area (Å²) >= 11 is 0. The molecule has 2 aliphatic rings. The molecular weight excluding hydrogens is 530 g/mol. The summed E-state index contributed by atoms with van der Waals surface area (Å²) in [4.78, 5) is 21.0. The highest BCUT2D eigenvalue weighted by atomic mass is 19.4. The lowest BCUT2D eigenvalue weighted by atomic mass is 9.92. The second-order valence-corrected chi connectivity index (χ2v) is 10.2. The quantitative estimate of drug-likeness (QED) is 0.410. The normalized spacial score (nSPS) is 20.4. The summed E-state index contributed by atoms with van der Waals surface area (Å²) in [5.74, 6) is 0.0701. The number of carbonyl (C=O) groups excluding carboxylic acids is 1. The molecule has 2 fully saturated rings. The van der Waals surface area contributed by atoms with Crippen LogP contribution in [0.4, 0.5) is 23.2 Å². The van der Waals surface area contributed by atoms with Gasteiger partial charge in [-0.25, -0.2) is 9.37 Å². The molecule has 3 aromatic rings. The van der Waals surface area contributed by atoms with Crippen molar-refractivity contribution in [1.29, 1.82) is 5.26 Å². The Balaban J connectivity index is 1.02. The molecule has 0 radical (unpaired) electrons. The van der Waals surface area contributed by atoms with Crippen LogP contribution in [-0.4, -0.2) is 65.6 Å². The van der Waals surface area contributed by atoms with Crippen molar-refractivity contribution < 1.29 is 31.5 Å². The van der Waals surface area contributed by atoms with E-state index in [0.29, 0.717) is 81.1 Å². The van der Waals surface area contributed by atoms with Crippen LogP contribution < -0.4 is 5.32 Å². The van der Waals surface area contributed by atoms with Crippen molar-refractivity contribution >= 4 is 22.7 Å². The molecule has 0 unspecified atom stereocenters. The van der Waals surface area contributed by atoms with Crippen molar-refractivity contribution in [3.05, 3.63) is 59.2 Å². The SMILES string of the molecule is N#Cc1ccc(N[C@H]2CC[C@H](OCC(=O)N3CCN(Cc4nc5cc(F)ccc5o4)CC3)CC2)cc1C(F)(F)F. The maximum absolute atomic E-state index is 13.4. The highest BCUT2D eigenvalue weighted by Gasteiger charge is 2.34. The van der Waals surface area contributed by atoms with Gasteiger partial charge in [-0.05, 0) is 56.0 Å². The molecule has 1 amide bonds. The Morgan fingerprint density at radius 1 is 1.10 bits per heavy atom. The average molecular weight is 560 g/mol. The summed E-state index contributed by atoms with van der Waals surface area (Å²) in [5.41, 5.74) is 0.00386. The van der Waals surface area contributed by atoms with Crippen LogP contribution in [0.25, 0.3) is 11.1 Å². The molecule has 0 atom stereocenters. The van der Waals surface area contributed by atoms with Crippen molar-refractivity contribution in [2.45, 2.75) is 50.6 Å². The first kappa shape index (κ1) is 27.9. The second-order valence-electron chi connectivity index (χ2n) is 10.2. The number of amides is 1. The Bertz CT molecular complexity index is 1390. The van der Waals surface area contributed by atoms with Gasteiger partial charge >= 0.3 is 6.18 Å². The molecule has 0 spiro atoms. The first-order valence-corrected chi connectivity index (χ1v) is 13.2. The van der Waals surface area contributed by atoms with Crippen molar-refractivity contribution in [1.82, 2.24) is 14.8 Å². The molecule has 1 N–H and O–H groups in total. The molecule has 8 nitrogen and oxygen atoms in total. The van der Waals surface area contributed by atoms with Gasteiger partial charge in [-0.1, -0.05) is 0 Å². The number of nitrogens with one attached hydrogen (secondary N) is 1. The van der Waals surface area contributed by atoms with Crippen LogP contribution in [-0.2, 0) is 22.3 Å². The highest BCUT2D eigenvalue weighted by Crippen LogP contribution is 2.34. The van der Waals surface area contributed by atoms with Gasteiger partial charge in [-0.2, -0.15) is 18.4 Å². The Kier molecular flexibility index (Phi) is 8.23. The predicted molar refractivity (Wildman–Crippen MR) is 138 cm³/mol. The maximum Gasteiger partial charge on any atom is 0.417 e. The second kappa shape index (κ2) is 11.8. The minimum Gasteiger partial charge on any atom is -0.439 e. The zero-order chi connectivity index (χ0) is 28.3. The molecule has 0 bridgehead atoms. The minimum absolute atomic E-state index is 0.00990. The summed E-state index contributed by atoms with van der Waals surface area (Å²) in [6, 6.07) is 9.46. The monoisotopic (exact) mass is 559 g/mol. The summed E-state index contributed by atoms with van der Waals surface area (Å²) < 4.78 is 64.7. The third-order valence-electron chi connectivity index (χ3n) is 7.41. The molecule has 212 valence electrons. The van der Waals surface area contributed by atoms with Crippen LogP contribution in [0.5, 0.6) is 0 Å². The number of benzene rings is 2. The molecule has 12 heteroatoms. The van der Waals surface area contributed by atoms with Crippen LogP contribution >= 0.6 is 0 Å². The van der Waals surface area contributed by atoms with Gasteiger partial charge in [0.1, 0.15) is 17.9 Å². The fourth-order valence-corrected chi connectivity index (χ4v) is 5.22. The maximum atomic E-state index is 13.4. The Morgan fingerprint density at radius 2 is 1.85 bits per heavy atom. The largest absolute Gasteiger partial charge is 0.439 e. The number of ether oxygens (including phenoxy) is 1. The molecule has 1 aliphatic heterocycles. The number of hydrogen-bond donors (Lipinski definition) is 1. The van der Waals surface area contributed by atoms with Gasteiger partial charge in [0.05, 0.1) is 29.8 Å². The standard InChI is InChI=1S/C28H29F4N5O3/c29-19-2-8-25-24(13-19)35-26(40-25)16-36-9-11-37(12-10-36)27(38)17-39-22-6-4-20(5-7-22)34-21-3-1-18(15-33)23(14-21)28(30,31)32/h1-3,8,13-14,20,22,34H,4-7,9-12,16-17H2/t20-,22-. The van der Waals surface area contributed by atoms with Crippen LogP contribution in [0.15, 0.2) is 40.8 Å². The number of nitrogens with zero attached hydrogens (tertiary/aromatic N) is 4.